The molecule has 2 nitrogen and oxygen atoms in total. The molecular formula is C12H17FO2. The minimum Gasteiger partial charge on any atom is -0.493 e. The fraction of sp³-hybridized carbons (Fsp3) is 0.500. The molecule has 0 amide bonds. The Kier molecular flexibility index (Phi) is 4.09. The average Bonchev–Trinajstić information content (AvgIpc) is 2.18. The number of aliphatic hydroxyl groups excluding tert-OH is 1. The van der Waals surface area contributed by atoms with Crippen LogP contribution in [0.1, 0.15) is 20.3 Å². The van der Waals surface area contributed by atoms with Gasteiger partial charge in [-0.15, -0.1) is 0 Å². The Balaban J connectivity index is 2.38. The molecule has 0 bridgehead atoms. The Morgan fingerprint density at radius 3 is 2.73 bits per heavy atom. The summed E-state index contributed by atoms with van der Waals surface area (Å²) < 4.78 is 18.1. The lowest BCUT2D eigenvalue weighted by atomic mass is 9.91. The lowest BCUT2D eigenvalue weighted by Crippen LogP contribution is -2.19. The Morgan fingerprint density at radius 1 is 1.40 bits per heavy atom. The fourth-order valence-corrected chi connectivity index (χ4v) is 1.08. The quantitative estimate of drug-likeness (QED) is 0.813. The van der Waals surface area contributed by atoms with Crippen molar-refractivity contribution >= 4 is 0 Å². The average molecular weight is 212 g/mol. The van der Waals surface area contributed by atoms with E-state index in [4.69, 9.17) is 9.84 Å². The van der Waals surface area contributed by atoms with Gasteiger partial charge in [0, 0.05) is 12.7 Å². The zero-order valence-corrected chi connectivity index (χ0v) is 9.16. The van der Waals surface area contributed by atoms with Crippen LogP contribution in [-0.4, -0.2) is 18.3 Å². The minimum absolute atomic E-state index is 0.125. The maximum absolute atomic E-state index is 12.8. The van der Waals surface area contributed by atoms with Crippen molar-refractivity contribution in [3.63, 3.8) is 0 Å². The van der Waals surface area contributed by atoms with Gasteiger partial charge in [-0.2, -0.15) is 0 Å². The second-order valence-electron chi connectivity index (χ2n) is 4.38. The fourth-order valence-electron chi connectivity index (χ4n) is 1.08. The summed E-state index contributed by atoms with van der Waals surface area (Å²) in [6.07, 6.45) is 0.736. The van der Waals surface area contributed by atoms with Gasteiger partial charge >= 0.3 is 0 Å². The molecule has 1 aromatic carbocycles. The van der Waals surface area contributed by atoms with Crippen LogP contribution < -0.4 is 4.74 Å². The van der Waals surface area contributed by atoms with Crippen molar-refractivity contribution in [3.05, 3.63) is 30.1 Å². The molecule has 0 unspecified atom stereocenters. The summed E-state index contributed by atoms with van der Waals surface area (Å²) in [5, 5.41) is 9.02. The van der Waals surface area contributed by atoms with Crippen molar-refractivity contribution in [1.82, 2.24) is 0 Å². The summed E-state index contributed by atoms with van der Waals surface area (Å²) in [6, 6.07) is 6.06. The lowest BCUT2D eigenvalue weighted by molar-refractivity contribution is 0.128. The van der Waals surface area contributed by atoms with Crippen molar-refractivity contribution < 1.29 is 14.2 Å². The lowest BCUT2D eigenvalue weighted by Gasteiger charge is -2.21. The van der Waals surface area contributed by atoms with Crippen LogP contribution in [0.15, 0.2) is 24.3 Å². The summed E-state index contributed by atoms with van der Waals surface area (Å²) in [5.41, 5.74) is -0.146. The van der Waals surface area contributed by atoms with Gasteiger partial charge in [-0.3, -0.25) is 0 Å². The SMILES string of the molecule is CC(C)(CO)CCOc1cccc(F)c1. The van der Waals surface area contributed by atoms with Gasteiger partial charge in [-0.25, -0.2) is 4.39 Å². The van der Waals surface area contributed by atoms with Crippen LogP contribution in [0.4, 0.5) is 4.39 Å². The van der Waals surface area contributed by atoms with Crippen molar-refractivity contribution in [2.75, 3.05) is 13.2 Å². The Labute approximate surface area is 89.7 Å². The maximum Gasteiger partial charge on any atom is 0.126 e. The summed E-state index contributed by atoms with van der Waals surface area (Å²) in [7, 11) is 0. The zero-order valence-electron chi connectivity index (χ0n) is 9.16. The Bertz CT molecular complexity index is 310. The van der Waals surface area contributed by atoms with Crippen LogP contribution in [0.5, 0.6) is 5.75 Å². The first-order valence-corrected chi connectivity index (χ1v) is 5.03. The molecule has 1 aromatic rings. The third-order valence-corrected chi connectivity index (χ3v) is 2.27. The minimum atomic E-state index is -0.297. The van der Waals surface area contributed by atoms with Gasteiger partial charge < -0.3 is 9.84 Å². The molecule has 0 aliphatic rings. The van der Waals surface area contributed by atoms with Crippen LogP contribution in [0.3, 0.4) is 0 Å². The highest BCUT2D eigenvalue weighted by Crippen LogP contribution is 2.20. The van der Waals surface area contributed by atoms with Gasteiger partial charge in [-0.05, 0) is 24.0 Å². The van der Waals surface area contributed by atoms with Gasteiger partial charge in [0.1, 0.15) is 11.6 Å². The Hall–Kier alpha value is -1.09. The number of aliphatic hydroxyl groups is 1. The van der Waals surface area contributed by atoms with Crippen LogP contribution in [0.2, 0.25) is 0 Å². The first-order chi connectivity index (χ1) is 7.03. The first-order valence-electron chi connectivity index (χ1n) is 5.03. The third kappa shape index (κ3) is 4.30. The van der Waals surface area contributed by atoms with Crippen molar-refractivity contribution in [2.24, 2.45) is 5.41 Å². The summed E-state index contributed by atoms with van der Waals surface area (Å²) in [4.78, 5) is 0. The van der Waals surface area contributed by atoms with Crippen LogP contribution in [0, 0.1) is 11.2 Å². The van der Waals surface area contributed by atoms with E-state index in [2.05, 4.69) is 0 Å². The van der Waals surface area contributed by atoms with Crippen LogP contribution in [0.25, 0.3) is 0 Å². The van der Waals surface area contributed by atoms with Crippen LogP contribution in [-0.2, 0) is 0 Å². The van der Waals surface area contributed by atoms with Gasteiger partial charge in [0.05, 0.1) is 6.61 Å². The van der Waals surface area contributed by atoms with E-state index < -0.39 is 0 Å². The second kappa shape index (κ2) is 5.12. The highest BCUT2D eigenvalue weighted by Gasteiger charge is 2.16. The predicted octanol–water partition coefficient (Wildman–Crippen LogP) is 2.61. The molecule has 15 heavy (non-hydrogen) atoms. The zero-order chi connectivity index (χ0) is 11.3. The largest absolute Gasteiger partial charge is 0.493 e. The molecule has 0 fully saturated rings. The van der Waals surface area contributed by atoms with Crippen molar-refractivity contribution in [3.8, 4) is 5.75 Å². The van der Waals surface area contributed by atoms with E-state index in [0.29, 0.717) is 12.4 Å². The van der Waals surface area contributed by atoms with Gasteiger partial charge in [-0.1, -0.05) is 19.9 Å². The van der Waals surface area contributed by atoms with Crippen molar-refractivity contribution in [1.29, 1.82) is 0 Å². The molecule has 84 valence electrons. The number of hydrogen-bond acceptors (Lipinski definition) is 2. The molecule has 0 heterocycles. The molecule has 1 rings (SSSR count). The molecule has 0 spiro atoms. The normalized spacial score (nSPS) is 11.5. The molecule has 0 atom stereocenters. The molecule has 0 saturated heterocycles. The standard InChI is InChI=1S/C12H17FO2/c1-12(2,9-14)6-7-15-11-5-3-4-10(13)8-11/h3-5,8,14H,6-7,9H2,1-2H3. The number of rotatable bonds is 5. The molecule has 3 heteroatoms. The van der Waals surface area contributed by atoms with Crippen LogP contribution >= 0.6 is 0 Å². The summed E-state index contributed by atoms with van der Waals surface area (Å²) in [5.74, 6) is 0.234. The maximum atomic E-state index is 12.8. The van der Waals surface area contributed by atoms with E-state index in [1.54, 1.807) is 12.1 Å². The van der Waals surface area contributed by atoms with E-state index >= 15 is 0 Å². The van der Waals surface area contributed by atoms with E-state index in [1.807, 2.05) is 13.8 Å². The molecule has 0 aliphatic heterocycles. The highest BCUT2D eigenvalue weighted by atomic mass is 19.1. The monoisotopic (exact) mass is 212 g/mol. The molecule has 0 radical (unpaired) electrons. The summed E-state index contributed by atoms with van der Waals surface area (Å²) in [6.45, 7) is 4.53. The second-order valence-corrected chi connectivity index (χ2v) is 4.38. The molecular weight excluding hydrogens is 195 g/mol. The highest BCUT2D eigenvalue weighted by molar-refractivity contribution is 5.22. The van der Waals surface area contributed by atoms with Gasteiger partial charge in [0.25, 0.3) is 0 Å². The van der Waals surface area contributed by atoms with E-state index in [1.165, 1.54) is 12.1 Å². The topological polar surface area (TPSA) is 29.5 Å². The number of hydrogen-bond donors (Lipinski definition) is 1. The molecule has 0 saturated carbocycles. The van der Waals surface area contributed by atoms with E-state index in [0.717, 1.165) is 6.42 Å². The molecule has 1 N–H and O–H groups in total. The number of halogens is 1. The van der Waals surface area contributed by atoms with E-state index in [9.17, 15) is 4.39 Å². The summed E-state index contributed by atoms with van der Waals surface area (Å²) >= 11 is 0. The molecule has 0 aliphatic carbocycles. The number of ether oxygens (including phenoxy) is 1. The number of benzene rings is 1. The van der Waals surface area contributed by atoms with Gasteiger partial charge in [0.2, 0.25) is 0 Å². The first kappa shape index (κ1) is 12.0. The predicted molar refractivity (Wildman–Crippen MR) is 57.4 cm³/mol. The van der Waals surface area contributed by atoms with Crippen molar-refractivity contribution in [2.45, 2.75) is 20.3 Å². The Morgan fingerprint density at radius 2 is 2.13 bits per heavy atom. The smallest absolute Gasteiger partial charge is 0.126 e. The molecule has 0 aromatic heterocycles. The van der Waals surface area contributed by atoms with E-state index in [-0.39, 0.29) is 17.8 Å². The third-order valence-electron chi connectivity index (χ3n) is 2.27. The van der Waals surface area contributed by atoms with Gasteiger partial charge in [0.15, 0.2) is 0 Å².